The van der Waals surface area contributed by atoms with E-state index in [4.69, 9.17) is 5.11 Å². The Morgan fingerprint density at radius 2 is 2.14 bits per heavy atom. The van der Waals surface area contributed by atoms with Gasteiger partial charge in [0.2, 0.25) is 0 Å². The average molecular weight is 280 g/mol. The molecule has 2 aromatic rings. The van der Waals surface area contributed by atoms with E-state index in [-0.39, 0.29) is 12.5 Å². The first-order chi connectivity index (χ1) is 10.2. The van der Waals surface area contributed by atoms with E-state index in [0.29, 0.717) is 17.7 Å². The zero-order valence-corrected chi connectivity index (χ0v) is 11.8. The first kappa shape index (κ1) is 14.8. The van der Waals surface area contributed by atoms with Gasteiger partial charge in [0, 0.05) is 24.4 Å². The molecule has 1 amide bonds. The predicted molar refractivity (Wildman–Crippen MR) is 80.4 cm³/mol. The second kappa shape index (κ2) is 7.22. The van der Waals surface area contributed by atoms with Crippen LogP contribution in [0.25, 0.3) is 0 Å². The van der Waals surface area contributed by atoms with Crippen LogP contribution in [0.3, 0.4) is 0 Å². The molecule has 0 fully saturated rings. The second-order valence-corrected chi connectivity index (χ2v) is 4.52. The summed E-state index contributed by atoms with van der Waals surface area (Å²) < 4.78 is 0. The Morgan fingerprint density at radius 1 is 1.29 bits per heavy atom. The Balaban J connectivity index is 2.12. The fourth-order valence-corrected chi connectivity index (χ4v) is 1.90. The number of carbonyl (C=O) groups is 1. The van der Waals surface area contributed by atoms with Crippen molar-refractivity contribution in [3.05, 3.63) is 65.5 Å². The highest BCUT2D eigenvalue weighted by atomic mass is 16.2. The van der Waals surface area contributed by atoms with Crippen LogP contribution in [-0.4, -0.2) is 34.6 Å². The Hall–Kier alpha value is -2.64. The standard InChI is InChI=1S/C17H16N2O2/c1-19(13-16-9-2-3-10-18-16)17(21)15-8-4-6-14(12-15)7-5-11-20/h2-4,6,8-10,12,20H,11,13H2,1H3. The number of aliphatic hydroxyl groups is 1. The third-order valence-electron chi connectivity index (χ3n) is 2.89. The van der Waals surface area contributed by atoms with Crippen LogP contribution in [0.2, 0.25) is 0 Å². The Bertz CT molecular complexity index is 672. The zero-order chi connectivity index (χ0) is 15.1. The van der Waals surface area contributed by atoms with Gasteiger partial charge in [-0.25, -0.2) is 0 Å². The number of carbonyl (C=O) groups excluding carboxylic acids is 1. The van der Waals surface area contributed by atoms with Crippen molar-refractivity contribution >= 4 is 5.91 Å². The molecule has 0 aliphatic rings. The van der Waals surface area contributed by atoms with E-state index < -0.39 is 0 Å². The molecule has 0 spiro atoms. The van der Waals surface area contributed by atoms with Crippen LogP contribution >= 0.6 is 0 Å². The number of aliphatic hydroxyl groups excluding tert-OH is 1. The van der Waals surface area contributed by atoms with Crippen LogP contribution in [0, 0.1) is 11.8 Å². The number of benzene rings is 1. The van der Waals surface area contributed by atoms with E-state index in [1.165, 1.54) is 0 Å². The van der Waals surface area contributed by atoms with Gasteiger partial charge in [0.25, 0.3) is 5.91 Å². The lowest BCUT2D eigenvalue weighted by molar-refractivity contribution is 0.0783. The van der Waals surface area contributed by atoms with Gasteiger partial charge >= 0.3 is 0 Å². The first-order valence-corrected chi connectivity index (χ1v) is 6.56. The topological polar surface area (TPSA) is 53.4 Å². The highest BCUT2D eigenvalue weighted by molar-refractivity contribution is 5.94. The lowest BCUT2D eigenvalue weighted by atomic mass is 10.1. The average Bonchev–Trinajstić information content (AvgIpc) is 2.53. The van der Waals surface area contributed by atoms with Crippen molar-refractivity contribution in [1.82, 2.24) is 9.88 Å². The van der Waals surface area contributed by atoms with Crippen LogP contribution in [0.15, 0.2) is 48.7 Å². The molecule has 106 valence electrons. The Labute approximate surface area is 124 Å². The van der Waals surface area contributed by atoms with Crippen molar-refractivity contribution in [2.45, 2.75) is 6.54 Å². The van der Waals surface area contributed by atoms with Crippen molar-refractivity contribution < 1.29 is 9.90 Å². The van der Waals surface area contributed by atoms with Crippen LogP contribution in [0.4, 0.5) is 0 Å². The van der Waals surface area contributed by atoms with Crippen LogP contribution in [0.1, 0.15) is 21.6 Å². The highest BCUT2D eigenvalue weighted by Gasteiger charge is 2.12. The van der Waals surface area contributed by atoms with Crippen LogP contribution in [0.5, 0.6) is 0 Å². The largest absolute Gasteiger partial charge is 0.384 e. The van der Waals surface area contributed by atoms with Crippen LogP contribution < -0.4 is 0 Å². The summed E-state index contributed by atoms with van der Waals surface area (Å²) >= 11 is 0. The molecule has 0 aliphatic carbocycles. The van der Waals surface area contributed by atoms with Gasteiger partial charge in [-0.05, 0) is 30.3 Å². The number of hydrogen-bond acceptors (Lipinski definition) is 3. The predicted octanol–water partition coefficient (Wildman–Crippen LogP) is 1.70. The third-order valence-corrected chi connectivity index (χ3v) is 2.89. The summed E-state index contributed by atoms with van der Waals surface area (Å²) in [4.78, 5) is 18.2. The second-order valence-electron chi connectivity index (χ2n) is 4.52. The quantitative estimate of drug-likeness (QED) is 0.871. The molecule has 1 heterocycles. The molecular weight excluding hydrogens is 264 g/mol. The van der Waals surface area contributed by atoms with E-state index >= 15 is 0 Å². The Kier molecular flexibility index (Phi) is 5.08. The normalized spacial score (nSPS) is 9.62. The summed E-state index contributed by atoms with van der Waals surface area (Å²) in [6.45, 7) is 0.254. The molecule has 2 rings (SSSR count). The molecule has 0 saturated carbocycles. The molecule has 0 aliphatic heterocycles. The van der Waals surface area contributed by atoms with E-state index in [9.17, 15) is 4.79 Å². The van der Waals surface area contributed by atoms with Gasteiger partial charge in [0.15, 0.2) is 0 Å². The maximum atomic E-state index is 12.4. The van der Waals surface area contributed by atoms with E-state index in [2.05, 4.69) is 16.8 Å². The fraction of sp³-hybridized carbons (Fsp3) is 0.176. The summed E-state index contributed by atoms with van der Waals surface area (Å²) in [5.74, 6) is 5.28. The monoisotopic (exact) mass is 280 g/mol. The summed E-state index contributed by atoms with van der Waals surface area (Å²) in [7, 11) is 1.74. The first-order valence-electron chi connectivity index (χ1n) is 6.56. The number of rotatable bonds is 3. The van der Waals surface area contributed by atoms with Gasteiger partial charge in [-0.15, -0.1) is 0 Å². The summed E-state index contributed by atoms with van der Waals surface area (Å²) in [6, 6.07) is 12.7. The summed E-state index contributed by atoms with van der Waals surface area (Å²) in [5, 5.41) is 8.70. The van der Waals surface area contributed by atoms with Gasteiger partial charge in [-0.2, -0.15) is 0 Å². The van der Waals surface area contributed by atoms with Crippen molar-refractivity contribution in [3.63, 3.8) is 0 Å². The van der Waals surface area contributed by atoms with E-state index in [0.717, 1.165) is 5.69 Å². The maximum absolute atomic E-state index is 12.4. The van der Waals surface area contributed by atoms with Crippen molar-refractivity contribution in [3.8, 4) is 11.8 Å². The number of amides is 1. The molecule has 1 aromatic heterocycles. The van der Waals surface area contributed by atoms with Gasteiger partial charge in [-0.3, -0.25) is 9.78 Å². The molecule has 1 N–H and O–H groups in total. The zero-order valence-electron chi connectivity index (χ0n) is 11.8. The molecule has 0 radical (unpaired) electrons. The smallest absolute Gasteiger partial charge is 0.253 e. The fourth-order valence-electron chi connectivity index (χ4n) is 1.90. The molecular formula is C17H16N2O2. The van der Waals surface area contributed by atoms with E-state index in [1.54, 1.807) is 42.4 Å². The van der Waals surface area contributed by atoms with Crippen LogP contribution in [-0.2, 0) is 6.54 Å². The summed E-state index contributed by atoms with van der Waals surface area (Å²) in [5.41, 5.74) is 2.11. The number of pyridine rings is 1. The molecule has 0 atom stereocenters. The van der Waals surface area contributed by atoms with Gasteiger partial charge in [-0.1, -0.05) is 24.0 Å². The molecule has 1 aromatic carbocycles. The molecule has 0 unspecified atom stereocenters. The minimum Gasteiger partial charge on any atom is -0.384 e. The lowest BCUT2D eigenvalue weighted by Crippen LogP contribution is -2.26. The summed E-state index contributed by atoms with van der Waals surface area (Å²) in [6.07, 6.45) is 1.71. The lowest BCUT2D eigenvalue weighted by Gasteiger charge is -2.16. The Morgan fingerprint density at radius 3 is 2.86 bits per heavy atom. The molecule has 4 nitrogen and oxygen atoms in total. The minimum atomic E-state index is -0.197. The third kappa shape index (κ3) is 4.16. The molecule has 0 saturated heterocycles. The van der Waals surface area contributed by atoms with E-state index in [1.807, 2.05) is 18.2 Å². The van der Waals surface area contributed by atoms with Crippen molar-refractivity contribution in [2.75, 3.05) is 13.7 Å². The minimum absolute atomic E-state index is 0.0895. The number of hydrogen-bond donors (Lipinski definition) is 1. The molecule has 21 heavy (non-hydrogen) atoms. The maximum Gasteiger partial charge on any atom is 0.253 e. The van der Waals surface area contributed by atoms with Crippen molar-refractivity contribution in [2.24, 2.45) is 0 Å². The van der Waals surface area contributed by atoms with Crippen molar-refractivity contribution in [1.29, 1.82) is 0 Å². The van der Waals surface area contributed by atoms with Gasteiger partial charge < -0.3 is 10.0 Å². The highest BCUT2D eigenvalue weighted by Crippen LogP contribution is 2.09. The number of aromatic nitrogens is 1. The van der Waals surface area contributed by atoms with Gasteiger partial charge in [0.05, 0.1) is 12.2 Å². The van der Waals surface area contributed by atoms with Gasteiger partial charge in [0.1, 0.15) is 6.61 Å². The molecule has 4 heteroatoms. The molecule has 0 bridgehead atoms. The SMILES string of the molecule is CN(Cc1ccccn1)C(=O)c1cccc(C#CCO)c1. The number of nitrogens with zero attached hydrogens (tertiary/aromatic N) is 2.